The van der Waals surface area contributed by atoms with Crippen LogP contribution in [0.25, 0.3) is 0 Å². The number of nitrogens with one attached hydrogen (secondary N) is 1. The van der Waals surface area contributed by atoms with Crippen LogP contribution in [0.2, 0.25) is 0 Å². The molecule has 2 fully saturated rings. The molecule has 2 saturated heterocycles. The molecule has 0 spiro atoms. The molecule has 2 unspecified atom stereocenters. The van der Waals surface area contributed by atoms with Gasteiger partial charge < -0.3 is 15.0 Å². The Labute approximate surface area is 108 Å². The van der Waals surface area contributed by atoms with E-state index >= 15 is 0 Å². The van der Waals surface area contributed by atoms with Crippen LogP contribution in [0.4, 0.5) is 0 Å². The molecule has 0 aromatic carbocycles. The molecule has 0 aromatic heterocycles. The maximum absolute atomic E-state index is 11.8. The van der Waals surface area contributed by atoms with Crippen LogP contribution < -0.4 is 5.32 Å². The number of cyclic esters (lactones) is 1. The minimum absolute atomic E-state index is 0.154. The summed E-state index contributed by atoms with van der Waals surface area (Å²) in [5, 5.41) is 3.24. The van der Waals surface area contributed by atoms with Gasteiger partial charge in [0.05, 0.1) is 6.61 Å². The summed E-state index contributed by atoms with van der Waals surface area (Å²) in [6.45, 7) is 3.97. The number of hydrogen-bond acceptors (Lipinski definition) is 4. The smallest absolute Gasteiger partial charge is 0.323 e. The Kier molecular flexibility index (Phi) is 4.58. The van der Waals surface area contributed by atoms with E-state index < -0.39 is 0 Å². The highest BCUT2D eigenvalue weighted by Gasteiger charge is 2.30. The summed E-state index contributed by atoms with van der Waals surface area (Å²) in [6, 6.07) is 0.0603. The molecule has 2 aliphatic rings. The van der Waals surface area contributed by atoms with Crippen LogP contribution in [0.15, 0.2) is 0 Å². The Morgan fingerprint density at radius 2 is 2.28 bits per heavy atom. The standard InChI is InChI=1S/C13H22N2O3/c1-2-12(16)15-7-4-3-5-10(15)9-14-11-6-8-18-13(11)17/h10-11,14H,2-9H2,1H3. The summed E-state index contributed by atoms with van der Waals surface area (Å²) in [6.07, 6.45) is 4.58. The van der Waals surface area contributed by atoms with Crippen molar-refractivity contribution >= 4 is 11.9 Å². The van der Waals surface area contributed by atoms with Crippen LogP contribution in [-0.2, 0) is 14.3 Å². The molecule has 1 amide bonds. The molecule has 5 nitrogen and oxygen atoms in total. The van der Waals surface area contributed by atoms with Crippen LogP contribution in [0.1, 0.15) is 39.0 Å². The zero-order valence-corrected chi connectivity index (χ0v) is 11.0. The molecule has 0 radical (unpaired) electrons. The van der Waals surface area contributed by atoms with E-state index in [2.05, 4.69) is 5.32 Å². The fourth-order valence-corrected chi connectivity index (χ4v) is 2.70. The highest BCUT2D eigenvalue weighted by molar-refractivity contribution is 5.77. The molecule has 1 N–H and O–H groups in total. The predicted molar refractivity (Wildman–Crippen MR) is 67.0 cm³/mol. The number of nitrogens with zero attached hydrogens (tertiary/aromatic N) is 1. The second-order valence-corrected chi connectivity index (χ2v) is 5.01. The van der Waals surface area contributed by atoms with Gasteiger partial charge in [0.15, 0.2) is 0 Å². The Morgan fingerprint density at radius 1 is 1.44 bits per heavy atom. The summed E-state index contributed by atoms with van der Waals surface area (Å²) in [7, 11) is 0. The van der Waals surface area contributed by atoms with E-state index in [1.807, 2.05) is 11.8 Å². The van der Waals surface area contributed by atoms with Gasteiger partial charge in [-0.25, -0.2) is 0 Å². The fraction of sp³-hybridized carbons (Fsp3) is 0.846. The Bertz CT molecular complexity index is 319. The number of carbonyl (C=O) groups is 2. The first-order chi connectivity index (χ1) is 8.72. The number of likely N-dealkylation sites (tertiary alicyclic amines) is 1. The van der Waals surface area contributed by atoms with E-state index in [0.717, 1.165) is 32.2 Å². The van der Waals surface area contributed by atoms with Gasteiger partial charge in [0.25, 0.3) is 0 Å². The summed E-state index contributed by atoms with van der Waals surface area (Å²) >= 11 is 0. The number of piperidine rings is 1. The van der Waals surface area contributed by atoms with Crippen LogP contribution in [0.5, 0.6) is 0 Å². The van der Waals surface area contributed by atoms with Gasteiger partial charge in [0, 0.05) is 32.0 Å². The maximum atomic E-state index is 11.8. The number of amides is 1. The third kappa shape index (κ3) is 3.02. The summed E-state index contributed by atoms with van der Waals surface area (Å²) in [4.78, 5) is 25.2. The van der Waals surface area contributed by atoms with Crippen molar-refractivity contribution in [1.82, 2.24) is 10.2 Å². The van der Waals surface area contributed by atoms with Gasteiger partial charge in [-0.3, -0.25) is 9.59 Å². The lowest BCUT2D eigenvalue weighted by molar-refractivity contribution is -0.139. The molecule has 5 heteroatoms. The van der Waals surface area contributed by atoms with Crippen molar-refractivity contribution in [2.45, 2.75) is 51.1 Å². The Balaban J connectivity index is 1.85. The van der Waals surface area contributed by atoms with E-state index in [4.69, 9.17) is 4.74 Å². The first-order valence-corrected chi connectivity index (χ1v) is 6.92. The largest absolute Gasteiger partial charge is 0.464 e. The molecule has 18 heavy (non-hydrogen) atoms. The Morgan fingerprint density at radius 3 is 2.94 bits per heavy atom. The molecular formula is C13H22N2O3. The minimum Gasteiger partial charge on any atom is -0.464 e. The van der Waals surface area contributed by atoms with Gasteiger partial charge in [-0.2, -0.15) is 0 Å². The third-order valence-corrected chi connectivity index (χ3v) is 3.79. The van der Waals surface area contributed by atoms with Crippen molar-refractivity contribution in [2.75, 3.05) is 19.7 Å². The van der Waals surface area contributed by atoms with Gasteiger partial charge in [-0.15, -0.1) is 0 Å². The Hall–Kier alpha value is -1.10. The van der Waals surface area contributed by atoms with Crippen molar-refractivity contribution in [3.05, 3.63) is 0 Å². The molecule has 2 heterocycles. The quantitative estimate of drug-likeness (QED) is 0.750. The number of carbonyl (C=O) groups excluding carboxylic acids is 2. The number of esters is 1. The predicted octanol–water partition coefficient (Wildman–Crippen LogP) is 0.683. The highest BCUT2D eigenvalue weighted by atomic mass is 16.5. The normalized spacial score (nSPS) is 28.3. The number of rotatable bonds is 4. The van der Waals surface area contributed by atoms with Gasteiger partial charge in [0.1, 0.15) is 6.04 Å². The molecule has 102 valence electrons. The van der Waals surface area contributed by atoms with Crippen LogP contribution in [-0.4, -0.2) is 48.6 Å². The summed E-state index contributed by atoms with van der Waals surface area (Å²) in [5.74, 6) is 0.0645. The van der Waals surface area contributed by atoms with Crippen molar-refractivity contribution in [2.24, 2.45) is 0 Å². The molecule has 0 aromatic rings. The SMILES string of the molecule is CCC(=O)N1CCCCC1CNC1CCOC1=O. The lowest BCUT2D eigenvalue weighted by Gasteiger charge is -2.36. The average molecular weight is 254 g/mol. The van der Waals surface area contributed by atoms with Gasteiger partial charge in [0.2, 0.25) is 5.91 Å². The highest BCUT2D eigenvalue weighted by Crippen LogP contribution is 2.18. The van der Waals surface area contributed by atoms with Crippen molar-refractivity contribution in [1.29, 1.82) is 0 Å². The summed E-state index contributed by atoms with van der Waals surface area (Å²) in [5.41, 5.74) is 0. The van der Waals surface area contributed by atoms with Gasteiger partial charge in [-0.1, -0.05) is 6.92 Å². The van der Waals surface area contributed by atoms with Crippen LogP contribution in [0.3, 0.4) is 0 Å². The molecule has 2 aliphatic heterocycles. The molecule has 0 saturated carbocycles. The van der Waals surface area contributed by atoms with E-state index in [1.54, 1.807) is 0 Å². The average Bonchev–Trinajstić information content (AvgIpc) is 2.81. The van der Waals surface area contributed by atoms with Crippen molar-refractivity contribution in [3.8, 4) is 0 Å². The third-order valence-electron chi connectivity index (χ3n) is 3.79. The monoisotopic (exact) mass is 254 g/mol. The summed E-state index contributed by atoms with van der Waals surface area (Å²) < 4.78 is 4.92. The zero-order chi connectivity index (χ0) is 13.0. The molecule has 0 aliphatic carbocycles. The topological polar surface area (TPSA) is 58.6 Å². The first kappa shape index (κ1) is 13.3. The molecule has 0 bridgehead atoms. The van der Waals surface area contributed by atoms with Gasteiger partial charge in [-0.05, 0) is 19.3 Å². The number of hydrogen-bond donors (Lipinski definition) is 1. The van der Waals surface area contributed by atoms with Crippen LogP contribution in [0, 0.1) is 0 Å². The van der Waals surface area contributed by atoms with E-state index in [0.29, 0.717) is 19.6 Å². The minimum atomic E-state index is -0.175. The first-order valence-electron chi connectivity index (χ1n) is 6.92. The molecular weight excluding hydrogens is 232 g/mol. The van der Waals surface area contributed by atoms with E-state index in [1.165, 1.54) is 0 Å². The molecule has 2 rings (SSSR count). The van der Waals surface area contributed by atoms with Crippen molar-refractivity contribution in [3.63, 3.8) is 0 Å². The zero-order valence-electron chi connectivity index (χ0n) is 11.0. The van der Waals surface area contributed by atoms with E-state index in [-0.39, 0.29) is 24.0 Å². The maximum Gasteiger partial charge on any atom is 0.323 e. The van der Waals surface area contributed by atoms with Gasteiger partial charge >= 0.3 is 5.97 Å². The van der Waals surface area contributed by atoms with E-state index in [9.17, 15) is 9.59 Å². The van der Waals surface area contributed by atoms with Crippen molar-refractivity contribution < 1.29 is 14.3 Å². The lowest BCUT2D eigenvalue weighted by Crippen LogP contribution is -2.50. The second kappa shape index (κ2) is 6.18. The van der Waals surface area contributed by atoms with Crippen LogP contribution >= 0.6 is 0 Å². The molecule has 2 atom stereocenters. The second-order valence-electron chi connectivity index (χ2n) is 5.01. The number of ether oxygens (including phenoxy) is 1. The fourth-order valence-electron chi connectivity index (χ4n) is 2.70. The lowest BCUT2D eigenvalue weighted by atomic mass is 10.0.